The molecule has 9 heteroatoms. The Bertz CT molecular complexity index is 694. The quantitative estimate of drug-likeness (QED) is 0.0458. The van der Waals surface area contributed by atoms with E-state index in [2.05, 4.69) is 22.9 Å². The molecule has 0 aromatic carbocycles. The summed E-state index contributed by atoms with van der Waals surface area (Å²) >= 11 is 0. The number of carbonyl (C=O) groups is 3. The van der Waals surface area contributed by atoms with E-state index in [9.17, 15) is 14.4 Å². The zero-order valence-electron chi connectivity index (χ0n) is 29.3. The van der Waals surface area contributed by atoms with E-state index in [1.807, 2.05) is 0 Å². The molecule has 45 heavy (non-hydrogen) atoms. The number of carbonyl (C=O) groups excluding carboxylic acids is 3. The first-order valence-electron chi connectivity index (χ1n) is 19.0. The molecular weight excluding hydrogens is 564 g/mol. The van der Waals surface area contributed by atoms with Gasteiger partial charge in [0.2, 0.25) is 17.7 Å². The summed E-state index contributed by atoms with van der Waals surface area (Å²) in [6, 6.07) is -0.692. The van der Waals surface area contributed by atoms with Gasteiger partial charge in [0.05, 0.1) is 6.04 Å². The molecule has 266 valence electrons. The van der Waals surface area contributed by atoms with Gasteiger partial charge in [0.1, 0.15) is 6.04 Å². The van der Waals surface area contributed by atoms with Crippen molar-refractivity contribution >= 4 is 17.7 Å². The molecule has 0 aromatic heterocycles. The highest BCUT2D eigenvalue weighted by atomic mass is 16.2. The highest BCUT2D eigenvalue weighted by Gasteiger charge is 2.18. The van der Waals surface area contributed by atoms with Crippen molar-refractivity contribution in [3.63, 3.8) is 0 Å². The molecule has 0 unspecified atom stereocenters. The van der Waals surface area contributed by atoms with E-state index in [4.69, 9.17) is 17.2 Å². The van der Waals surface area contributed by atoms with Gasteiger partial charge in [0.25, 0.3) is 0 Å². The molecule has 0 aromatic rings. The minimum absolute atomic E-state index is 0.0922. The molecule has 0 saturated carbocycles. The van der Waals surface area contributed by atoms with Crippen LogP contribution in [-0.2, 0) is 14.4 Å². The third-order valence-electron chi connectivity index (χ3n) is 8.69. The van der Waals surface area contributed by atoms with Crippen molar-refractivity contribution in [2.45, 2.75) is 186 Å². The fraction of sp³-hybridized carbons (Fsp3) is 0.917. The smallest absolute Gasteiger partial charge is 0.239 e. The Kier molecular flexibility index (Phi) is 32.4. The summed E-state index contributed by atoms with van der Waals surface area (Å²) in [5.41, 5.74) is 16.6. The standard InChI is InChI=1S/C36H74N6O3/c1-2-3-4-5-6-7-10-13-16-23-30-40-33(26-20-22-29-38)36(45)41-31-24-17-14-11-8-9-12-15-18-27-34(43)42-32(35(39)44)25-19-21-28-37/h32-33,40H,2-31,37-38H2,1H3,(H2,39,44)(H,41,45)(H,42,43)/t32-,33-/m0/s1. The normalized spacial score (nSPS) is 12.6. The van der Waals surface area contributed by atoms with Crippen molar-refractivity contribution in [1.82, 2.24) is 16.0 Å². The second-order valence-corrected chi connectivity index (χ2v) is 13.0. The largest absolute Gasteiger partial charge is 0.368 e. The molecule has 0 saturated heterocycles. The van der Waals surface area contributed by atoms with Crippen molar-refractivity contribution in [2.75, 3.05) is 26.2 Å². The first-order chi connectivity index (χ1) is 22.0. The molecule has 9 N–H and O–H groups in total. The minimum atomic E-state index is -0.587. The van der Waals surface area contributed by atoms with Crippen molar-refractivity contribution in [2.24, 2.45) is 17.2 Å². The minimum Gasteiger partial charge on any atom is -0.368 e. The summed E-state index contributed by atoms with van der Waals surface area (Å²) in [6.07, 6.45) is 28.5. The second kappa shape index (κ2) is 33.6. The molecule has 2 atom stereocenters. The van der Waals surface area contributed by atoms with Gasteiger partial charge in [-0.15, -0.1) is 0 Å². The van der Waals surface area contributed by atoms with Crippen molar-refractivity contribution in [3.8, 4) is 0 Å². The van der Waals surface area contributed by atoms with Crippen LogP contribution in [0.15, 0.2) is 0 Å². The third kappa shape index (κ3) is 29.4. The van der Waals surface area contributed by atoms with Crippen LogP contribution >= 0.6 is 0 Å². The number of nitrogens with two attached hydrogens (primary N) is 3. The SMILES string of the molecule is CCCCCCCCCCCCN[C@@H](CCCCN)C(=O)NCCCCCCCCCCCC(=O)N[C@@H](CCCCN)C(N)=O. The van der Waals surface area contributed by atoms with Gasteiger partial charge in [-0.05, 0) is 71.0 Å². The maximum absolute atomic E-state index is 12.8. The second-order valence-electron chi connectivity index (χ2n) is 13.0. The maximum atomic E-state index is 12.8. The Morgan fingerprint density at radius 2 is 0.978 bits per heavy atom. The highest BCUT2D eigenvalue weighted by Crippen LogP contribution is 2.12. The van der Waals surface area contributed by atoms with Gasteiger partial charge in [-0.2, -0.15) is 0 Å². The summed E-state index contributed by atoms with van der Waals surface area (Å²) in [4.78, 5) is 36.5. The van der Waals surface area contributed by atoms with Crippen LogP contribution < -0.4 is 33.2 Å². The van der Waals surface area contributed by atoms with Crippen LogP contribution in [0, 0.1) is 0 Å². The van der Waals surface area contributed by atoms with E-state index in [-0.39, 0.29) is 17.9 Å². The lowest BCUT2D eigenvalue weighted by atomic mass is 10.1. The highest BCUT2D eigenvalue weighted by molar-refractivity contribution is 5.86. The van der Waals surface area contributed by atoms with Crippen LogP contribution in [0.4, 0.5) is 0 Å². The first kappa shape index (κ1) is 43.3. The Morgan fingerprint density at radius 3 is 1.47 bits per heavy atom. The molecule has 3 amide bonds. The van der Waals surface area contributed by atoms with Crippen molar-refractivity contribution in [1.29, 1.82) is 0 Å². The van der Waals surface area contributed by atoms with Crippen LogP contribution in [0.2, 0.25) is 0 Å². The first-order valence-corrected chi connectivity index (χ1v) is 19.0. The monoisotopic (exact) mass is 639 g/mol. The molecule has 0 aliphatic carbocycles. The van der Waals surface area contributed by atoms with E-state index in [1.165, 1.54) is 83.5 Å². The third-order valence-corrected chi connectivity index (χ3v) is 8.69. The fourth-order valence-corrected chi connectivity index (χ4v) is 5.74. The molecule has 0 aliphatic rings. The molecular formula is C36H74N6O3. The molecule has 0 spiro atoms. The number of hydrogen-bond acceptors (Lipinski definition) is 6. The number of rotatable bonds is 35. The summed E-state index contributed by atoms with van der Waals surface area (Å²) in [5.74, 6) is -0.424. The summed E-state index contributed by atoms with van der Waals surface area (Å²) in [6.45, 7) is 5.18. The van der Waals surface area contributed by atoms with Crippen LogP contribution in [0.1, 0.15) is 174 Å². The van der Waals surface area contributed by atoms with Crippen molar-refractivity contribution in [3.05, 3.63) is 0 Å². The summed E-state index contributed by atoms with van der Waals surface area (Å²) in [7, 11) is 0. The fourth-order valence-electron chi connectivity index (χ4n) is 5.74. The molecule has 0 heterocycles. The Hall–Kier alpha value is -1.71. The van der Waals surface area contributed by atoms with Gasteiger partial charge in [0, 0.05) is 13.0 Å². The van der Waals surface area contributed by atoms with Gasteiger partial charge in [-0.25, -0.2) is 0 Å². The van der Waals surface area contributed by atoms with Gasteiger partial charge < -0.3 is 33.2 Å². The average molecular weight is 639 g/mol. The number of unbranched alkanes of at least 4 members (excludes halogenated alkanes) is 19. The summed E-state index contributed by atoms with van der Waals surface area (Å²) < 4.78 is 0. The molecule has 0 radical (unpaired) electrons. The molecule has 0 aliphatic heterocycles. The van der Waals surface area contributed by atoms with Crippen LogP contribution in [-0.4, -0.2) is 56.0 Å². The number of primary amides is 1. The van der Waals surface area contributed by atoms with Crippen LogP contribution in [0.5, 0.6) is 0 Å². The lowest BCUT2D eigenvalue weighted by Gasteiger charge is -2.18. The summed E-state index contributed by atoms with van der Waals surface area (Å²) in [5, 5.41) is 9.46. The zero-order valence-corrected chi connectivity index (χ0v) is 29.3. The molecule has 0 fully saturated rings. The topological polar surface area (TPSA) is 165 Å². The van der Waals surface area contributed by atoms with Gasteiger partial charge >= 0.3 is 0 Å². The van der Waals surface area contributed by atoms with Crippen molar-refractivity contribution < 1.29 is 14.4 Å². The van der Waals surface area contributed by atoms with Crippen LogP contribution in [0.25, 0.3) is 0 Å². The number of nitrogens with one attached hydrogen (secondary N) is 3. The maximum Gasteiger partial charge on any atom is 0.239 e. The number of amides is 3. The van der Waals surface area contributed by atoms with Gasteiger partial charge in [-0.3, -0.25) is 14.4 Å². The van der Waals surface area contributed by atoms with E-state index >= 15 is 0 Å². The Labute approximate surface area is 277 Å². The molecule has 0 bridgehead atoms. The average Bonchev–Trinajstić information content (AvgIpc) is 3.02. The van der Waals surface area contributed by atoms with E-state index in [1.54, 1.807) is 0 Å². The van der Waals surface area contributed by atoms with E-state index in [0.29, 0.717) is 25.9 Å². The van der Waals surface area contributed by atoms with Gasteiger partial charge in [0.15, 0.2) is 0 Å². The van der Waals surface area contributed by atoms with Crippen LogP contribution in [0.3, 0.4) is 0 Å². The number of hydrogen-bond donors (Lipinski definition) is 6. The predicted molar refractivity (Wildman–Crippen MR) is 190 cm³/mol. The zero-order chi connectivity index (χ0) is 33.2. The predicted octanol–water partition coefficient (Wildman–Crippen LogP) is 6.11. The lowest BCUT2D eigenvalue weighted by molar-refractivity contribution is -0.127. The molecule has 0 rings (SSSR count). The van der Waals surface area contributed by atoms with Gasteiger partial charge in [-0.1, -0.05) is 116 Å². The Balaban J connectivity index is 3.83. The lowest BCUT2D eigenvalue weighted by Crippen LogP contribution is -2.44. The van der Waals surface area contributed by atoms with E-state index < -0.39 is 11.9 Å². The van der Waals surface area contributed by atoms with E-state index in [0.717, 1.165) is 83.7 Å². The molecule has 9 nitrogen and oxygen atoms in total. The Morgan fingerprint density at radius 1 is 0.533 bits per heavy atom.